The molecule has 2 aliphatic rings. The monoisotopic (exact) mass is 325 g/mol. The molecule has 1 aromatic carbocycles. The molecule has 4 atom stereocenters. The number of hydrogen-bond acceptors (Lipinski definition) is 3. The average molecular weight is 325 g/mol. The first kappa shape index (κ1) is 15.4. The zero-order valence-corrected chi connectivity index (χ0v) is 14.2. The summed E-state index contributed by atoms with van der Waals surface area (Å²) in [7, 11) is 1.59. The summed E-state index contributed by atoms with van der Waals surface area (Å²) in [4.78, 5) is 25.0. The highest BCUT2D eigenvalue weighted by Gasteiger charge is 2.42. The van der Waals surface area contributed by atoms with Crippen LogP contribution in [0.4, 0.5) is 0 Å². The van der Waals surface area contributed by atoms with Crippen LogP contribution >= 0.6 is 0 Å². The number of nitrogens with one attached hydrogen (secondary N) is 1. The molecular formula is C19H23N3O2. The summed E-state index contributed by atoms with van der Waals surface area (Å²) >= 11 is 0. The highest BCUT2D eigenvalue weighted by atomic mass is 16.2. The van der Waals surface area contributed by atoms with Crippen molar-refractivity contribution in [2.24, 2.45) is 24.8 Å². The Balaban J connectivity index is 1.62. The second-order valence-corrected chi connectivity index (χ2v) is 7.42. The number of nitrogens with zero attached hydrogens (tertiary/aromatic N) is 2. The summed E-state index contributed by atoms with van der Waals surface area (Å²) in [5.74, 6) is 2.01. The minimum Gasteiger partial charge on any atom is -0.348 e. The first-order chi connectivity index (χ1) is 11.5. The molecule has 0 radical (unpaired) electrons. The van der Waals surface area contributed by atoms with E-state index in [1.807, 2.05) is 12.1 Å². The lowest BCUT2D eigenvalue weighted by molar-refractivity contribution is 0.0910. The minimum atomic E-state index is -0.183. The number of aromatic nitrogens is 2. The Morgan fingerprint density at radius 1 is 1.25 bits per heavy atom. The van der Waals surface area contributed by atoms with Gasteiger partial charge in [0.05, 0.1) is 5.39 Å². The number of fused-ring (bicyclic) bond motifs is 3. The number of benzene rings is 1. The molecule has 0 aliphatic heterocycles. The summed E-state index contributed by atoms with van der Waals surface area (Å²) in [5.41, 5.74) is 0.158. The van der Waals surface area contributed by atoms with Crippen molar-refractivity contribution >= 4 is 16.7 Å². The topological polar surface area (TPSA) is 64.0 Å². The fourth-order valence-electron chi connectivity index (χ4n) is 4.76. The van der Waals surface area contributed by atoms with Crippen molar-refractivity contribution in [1.82, 2.24) is 15.1 Å². The van der Waals surface area contributed by atoms with Gasteiger partial charge in [0.15, 0.2) is 5.69 Å². The Hall–Kier alpha value is -2.17. The summed E-state index contributed by atoms with van der Waals surface area (Å²) in [6, 6.07) is 7.32. The fourth-order valence-corrected chi connectivity index (χ4v) is 4.76. The smallest absolute Gasteiger partial charge is 0.274 e. The van der Waals surface area contributed by atoms with Crippen molar-refractivity contribution in [1.29, 1.82) is 0 Å². The molecule has 1 heterocycles. The Bertz CT molecular complexity index is 857. The SMILES string of the molecule is CC(NC(=O)c1nn(C)c(=O)c2ccccc12)C1CC2CCC1C2. The molecule has 2 bridgehead atoms. The molecule has 4 rings (SSSR count). The van der Waals surface area contributed by atoms with Gasteiger partial charge in [0.1, 0.15) is 0 Å². The maximum atomic E-state index is 12.8. The van der Waals surface area contributed by atoms with Crippen LogP contribution in [-0.4, -0.2) is 21.7 Å². The van der Waals surface area contributed by atoms with E-state index in [1.54, 1.807) is 19.2 Å². The van der Waals surface area contributed by atoms with Gasteiger partial charge in [0.2, 0.25) is 0 Å². The van der Waals surface area contributed by atoms with Crippen molar-refractivity contribution in [2.75, 3.05) is 0 Å². The zero-order chi connectivity index (χ0) is 16.8. The second-order valence-electron chi connectivity index (χ2n) is 7.42. The maximum absolute atomic E-state index is 12.8. The van der Waals surface area contributed by atoms with E-state index in [-0.39, 0.29) is 17.5 Å². The maximum Gasteiger partial charge on any atom is 0.274 e. The van der Waals surface area contributed by atoms with E-state index < -0.39 is 0 Å². The molecule has 0 spiro atoms. The Morgan fingerprint density at radius 3 is 2.67 bits per heavy atom. The van der Waals surface area contributed by atoms with Crippen molar-refractivity contribution < 1.29 is 4.79 Å². The van der Waals surface area contributed by atoms with Crippen LogP contribution in [-0.2, 0) is 7.05 Å². The molecule has 1 N–H and O–H groups in total. The fraction of sp³-hybridized carbons (Fsp3) is 0.526. The average Bonchev–Trinajstić information content (AvgIpc) is 3.21. The van der Waals surface area contributed by atoms with Crippen LogP contribution in [0.25, 0.3) is 10.8 Å². The minimum absolute atomic E-state index is 0.144. The summed E-state index contributed by atoms with van der Waals surface area (Å²) < 4.78 is 1.25. The van der Waals surface area contributed by atoms with Crippen LogP contribution < -0.4 is 10.9 Å². The highest BCUT2D eigenvalue weighted by Crippen LogP contribution is 2.49. The lowest BCUT2D eigenvalue weighted by atomic mass is 9.84. The van der Waals surface area contributed by atoms with E-state index in [9.17, 15) is 9.59 Å². The van der Waals surface area contributed by atoms with Gasteiger partial charge < -0.3 is 5.32 Å². The predicted molar refractivity (Wildman–Crippen MR) is 92.9 cm³/mol. The first-order valence-electron chi connectivity index (χ1n) is 8.81. The van der Waals surface area contributed by atoms with Gasteiger partial charge in [0.25, 0.3) is 11.5 Å². The van der Waals surface area contributed by atoms with Crippen LogP contribution in [0.5, 0.6) is 0 Å². The van der Waals surface area contributed by atoms with E-state index in [0.29, 0.717) is 22.4 Å². The quantitative estimate of drug-likeness (QED) is 0.943. The van der Waals surface area contributed by atoms with Gasteiger partial charge >= 0.3 is 0 Å². The summed E-state index contributed by atoms with van der Waals surface area (Å²) in [6.07, 6.45) is 5.21. The Labute approximate surface area is 141 Å². The predicted octanol–water partition coefficient (Wildman–Crippen LogP) is 2.49. The number of carbonyl (C=O) groups excluding carboxylic acids is 1. The third-order valence-electron chi connectivity index (χ3n) is 5.97. The molecule has 5 nitrogen and oxygen atoms in total. The molecule has 5 heteroatoms. The second kappa shape index (κ2) is 5.72. The van der Waals surface area contributed by atoms with Gasteiger partial charge in [0, 0.05) is 18.5 Å². The molecule has 1 amide bonds. The van der Waals surface area contributed by atoms with E-state index in [1.165, 1.54) is 30.4 Å². The molecule has 126 valence electrons. The Kier molecular flexibility index (Phi) is 3.66. The zero-order valence-electron chi connectivity index (χ0n) is 14.2. The standard InChI is InChI=1S/C19H23N3O2/c1-11(16-10-12-7-8-13(16)9-12)20-18(23)17-14-5-3-4-6-15(14)19(24)22(2)21-17/h3-6,11-13,16H,7-10H2,1-2H3,(H,20,23). The molecule has 0 saturated heterocycles. The Morgan fingerprint density at radius 2 is 2.00 bits per heavy atom. The van der Waals surface area contributed by atoms with Crippen molar-refractivity contribution in [3.63, 3.8) is 0 Å². The van der Waals surface area contributed by atoms with E-state index >= 15 is 0 Å². The lowest BCUT2D eigenvalue weighted by Gasteiger charge is -2.28. The van der Waals surface area contributed by atoms with Crippen LogP contribution in [0.15, 0.2) is 29.1 Å². The number of carbonyl (C=O) groups is 1. The van der Waals surface area contributed by atoms with Gasteiger partial charge in [-0.2, -0.15) is 5.10 Å². The van der Waals surface area contributed by atoms with Gasteiger partial charge in [-0.05, 0) is 50.0 Å². The molecule has 2 aliphatic carbocycles. The van der Waals surface area contributed by atoms with Crippen LogP contribution in [0.2, 0.25) is 0 Å². The van der Waals surface area contributed by atoms with Gasteiger partial charge in [-0.15, -0.1) is 0 Å². The molecule has 1 aromatic heterocycles. The number of hydrogen-bond donors (Lipinski definition) is 1. The molecule has 4 unspecified atom stereocenters. The largest absolute Gasteiger partial charge is 0.348 e. The highest BCUT2D eigenvalue weighted by molar-refractivity contribution is 6.04. The van der Waals surface area contributed by atoms with Crippen molar-refractivity contribution in [2.45, 2.75) is 38.6 Å². The van der Waals surface area contributed by atoms with Gasteiger partial charge in [-0.25, -0.2) is 4.68 Å². The molecule has 2 aromatic rings. The summed E-state index contributed by atoms with van der Waals surface area (Å²) in [5, 5.41) is 8.52. The van der Waals surface area contributed by atoms with Crippen LogP contribution in [0.1, 0.15) is 43.1 Å². The van der Waals surface area contributed by atoms with Crippen molar-refractivity contribution in [3.8, 4) is 0 Å². The molecule has 2 fully saturated rings. The van der Waals surface area contributed by atoms with Crippen molar-refractivity contribution in [3.05, 3.63) is 40.3 Å². The number of amides is 1. The third kappa shape index (κ3) is 2.43. The lowest BCUT2D eigenvalue weighted by Crippen LogP contribution is -2.41. The van der Waals surface area contributed by atoms with Gasteiger partial charge in [-0.1, -0.05) is 24.6 Å². The van der Waals surface area contributed by atoms with Gasteiger partial charge in [-0.3, -0.25) is 9.59 Å². The molecular weight excluding hydrogens is 302 g/mol. The van der Waals surface area contributed by atoms with E-state index in [2.05, 4.69) is 17.3 Å². The van der Waals surface area contributed by atoms with Crippen LogP contribution in [0, 0.1) is 17.8 Å². The van der Waals surface area contributed by atoms with E-state index in [4.69, 9.17) is 0 Å². The normalized spacial score (nSPS) is 26.7. The molecule has 24 heavy (non-hydrogen) atoms. The van der Waals surface area contributed by atoms with Crippen LogP contribution in [0.3, 0.4) is 0 Å². The van der Waals surface area contributed by atoms with E-state index in [0.717, 1.165) is 11.8 Å². The molecule has 2 saturated carbocycles. The third-order valence-corrected chi connectivity index (χ3v) is 5.97. The number of aryl methyl sites for hydroxylation is 1. The number of rotatable bonds is 3. The summed E-state index contributed by atoms with van der Waals surface area (Å²) in [6.45, 7) is 2.10. The first-order valence-corrected chi connectivity index (χ1v) is 8.81.